The number of aliphatic carboxylic acids is 1. The van der Waals surface area contributed by atoms with Crippen LogP contribution in [0.25, 0.3) is 10.8 Å². The molecule has 2 aromatic carbocycles. The molecule has 1 fully saturated rings. The van der Waals surface area contributed by atoms with Gasteiger partial charge in [-0.15, -0.1) is 0 Å². The Morgan fingerprint density at radius 2 is 1.72 bits per heavy atom. The summed E-state index contributed by atoms with van der Waals surface area (Å²) in [7, 11) is 0. The van der Waals surface area contributed by atoms with Gasteiger partial charge in [0.2, 0.25) is 11.8 Å². The Bertz CT molecular complexity index is 869. The third-order valence-corrected chi connectivity index (χ3v) is 5.61. The van der Waals surface area contributed by atoms with Gasteiger partial charge < -0.3 is 15.7 Å². The predicted octanol–water partition coefficient (Wildman–Crippen LogP) is 3.56. The van der Waals surface area contributed by atoms with Crippen LogP contribution in [0.5, 0.6) is 0 Å². The van der Waals surface area contributed by atoms with Crippen molar-refractivity contribution in [3.8, 4) is 0 Å². The molecule has 29 heavy (non-hydrogen) atoms. The second-order valence-electron chi connectivity index (χ2n) is 7.75. The van der Waals surface area contributed by atoms with Crippen LogP contribution in [-0.4, -0.2) is 29.4 Å². The van der Waals surface area contributed by atoms with Gasteiger partial charge in [0.15, 0.2) is 0 Å². The van der Waals surface area contributed by atoms with Crippen LogP contribution in [0.1, 0.15) is 56.6 Å². The first kappa shape index (κ1) is 20.8. The van der Waals surface area contributed by atoms with E-state index in [4.69, 9.17) is 0 Å². The molecule has 1 aliphatic rings. The van der Waals surface area contributed by atoms with Crippen LogP contribution >= 0.6 is 0 Å². The van der Waals surface area contributed by atoms with Gasteiger partial charge in [0.1, 0.15) is 0 Å². The summed E-state index contributed by atoms with van der Waals surface area (Å²) in [6, 6.07) is 12.6. The zero-order valence-electron chi connectivity index (χ0n) is 16.5. The van der Waals surface area contributed by atoms with Gasteiger partial charge in [-0.2, -0.15) is 0 Å². The lowest BCUT2D eigenvalue weighted by Gasteiger charge is -2.19. The number of amides is 2. The van der Waals surface area contributed by atoms with E-state index in [1.165, 1.54) is 25.7 Å². The van der Waals surface area contributed by atoms with Crippen LogP contribution in [0.3, 0.4) is 0 Å². The summed E-state index contributed by atoms with van der Waals surface area (Å²) in [5.74, 6) is -0.893. The Morgan fingerprint density at radius 3 is 2.48 bits per heavy atom. The summed E-state index contributed by atoms with van der Waals surface area (Å²) in [6.07, 6.45) is 5.94. The summed E-state index contributed by atoms with van der Waals surface area (Å²) < 4.78 is 0. The number of nitrogens with one attached hydrogen (secondary N) is 2. The molecule has 2 amide bonds. The minimum Gasteiger partial charge on any atom is -0.481 e. The van der Waals surface area contributed by atoms with Crippen molar-refractivity contribution in [3.05, 3.63) is 48.0 Å². The highest BCUT2D eigenvalue weighted by Gasteiger charge is 2.21. The summed E-state index contributed by atoms with van der Waals surface area (Å²) >= 11 is 0. The monoisotopic (exact) mass is 396 g/mol. The number of hydrogen-bond donors (Lipinski definition) is 3. The lowest BCUT2D eigenvalue weighted by atomic mass is 9.96. The van der Waals surface area contributed by atoms with E-state index in [0.29, 0.717) is 12.3 Å². The maximum absolute atomic E-state index is 12.4. The first-order valence-corrected chi connectivity index (χ1v) is 10.3. The Kier molecular flexibility index (Phi) is 7.22. The van der Waals surface area contributed by atoms with Gasteiger partial charge in [-0.1, -0.05) is 68.1 Å². The molecule has 0 radical (unpaired) electrons. The molecule has 0 unspecified atom stereocenters. The van der Waals surface area contributed by atoms with E-state index >= 15 is 0 Å². The van der Waals surface area contributed by atoms with Gasteiger partial charge in [0.25, 0.3) is 0 Å². The quantitative estimate of drug-likeness (QED) is 0.604. The largest absolute Gasteiger partial charge is 0.481 e. The highest BCUT2D eigenvalue weighted by molar-refractivity contribution is 5.89. The van der Waals surface area contributed by atoms with Crippen molar-refractivity contribution < 1.29 is 19.5 Å². The van der Waals surface area contributed by atoms with Crippen molar-refractivity contribution in [3.63, 3.8) is 0 Å². The summed E-state index contributed by atoms with van der Waals surface area (Å²) in [5.41, 5.74) is 0.756. The molecule has 1 atom stereocenters. The molecule has 0 aromatic heterocycles. The second kappa shape index (κ2) is 10.0. The number of hydrogen-bond acceptors (Lipinski definition) is 3. The number of carbonyl (C=O) groups excluding carboxylic acids is 2. The lowest BCUT2D eigenvalue weighted by Crippen LogP contribution is -2.39. The number of benzene rings is 2. The highest BCUT2D eigenvalue weighted by atomic mass is 16.4. The van der Waals surface area contributed by atoms with Crippen molar-refractivity contribution in [1.82, 2.24) is 10.6 Å². The molecular weight excluding hydrogens is 368 g/mol. The molecular formula is C23H28N2O4. The molecule has 1 saturated carbocycles. The van der Waals surface area contributed by atoms with Gasteiger partial charge >= 0.3 is 5.97 Å². The van der Waals surface area contributed by atoms with Crippen LogP contribution in [0.15, 0.2) is 42.5 Å². The molecule has 3 rings (SSSR count). The molecule has 6 heteroatoms. The number of fused-ring (bicyclic) bond motifs is 1. The molecule has 2 aromatic rings. The van der Waals surface area contributed by atoms with E-state index in [2.05, 4.69) is 10.6 Å². The average molecular weight is 396 g/mol. The van der Waals surface area contributed by atoms with Crippen LogP contribution in [0.2, 0.25) is 0 Å². The van der Waals surface area contributed by atoms with E-state index < -0.39 is 17.9 Å². The highest BCUT2D eigenvalue weighted by Crippen LogP contribution is 2.28. The summed E-state index contributed by atoms with van der Waals surface area (Å²) in [4.78, 5) is 35.8. The van der Waals surface area contributed by atoms with Crippen molar-refractivity contribution in [1.29, 1.82) is 0 Å². The fourth-order valence-electron chi connectivity index (χ4n) is 4.11. The maximum atomic E-state index is 12.4. The van der Waals surface area contributed by atoms with Crippen molar-refractivity contribution >= 4 is 28.6 Å². The topological polar surface area (TPSA) is 95.5 Å². The third-order valence-electron chi connectivity index (χ3n) is 5.61. The molecule has 154 valence electrons. The standard InChI is InChI=1S/C23H28N2O4/c26-21(13-12-16-6-1-2-7-16)24-15-22(27)25-20(14-23(28)29)19-11-5-9-17-8-3-4-10-18(17)19/h3-5,8-11,16,20H,1-2,6-7,12-15H2,(H,24,26)(H,25,27)(H,28,29)/t20-/m1/s1. The fraction of sp³-hybridized carbons (Fsp3) is 0.435. The van der Waals surface area contributed by atoms with Crippen molar-refractivity contribution in [2.75, 3.05) is 6.54 Å². The molecule has 0 saturated heterocycles. The van der Waals surface area contributed by atoms with Gasteiger partial charge in [-0.25, -0.2) is 0 Å². The SMILES string of the molecule is O=C(O)C[C@@H](NC(=O)CNC(=O)CCC1CCCC1)c1cccc2ccccc12. The maximum Gasteiger partial charge on any atom is 0.305 e. The van der Waals surface area contributed by atoms with Crippen LogP contribution in [0.4, 0.5) is 0 Å². The smallest absolute Gasteiger partial charge is 0.305 e. The second-order valence-corrected chi connectivity index (χ2v) is 7.75. The van der Waals surface area contributed by atoms with E-state index in [0.717, 1.165) is 22.8 Å². The number of rotatable bonds is 9. The number of carbonyl (C=O) groups is 3. The Balaban J connectivity index is 1.58. The molecule has 0 spiro atoms. The van der Waals surface area contributed by atoms with Crippen LogP contribution < -0.4 is 10.6 Å². The predicted molar refractivity (Wildman–Crippen MR) is 111 cm³/mol. The summed E-state index contributed by atoms with van der Waals surface area (Å²) in [6.45, 7) is -0.148. The molecule has 3 N–H and O–H groups in total. The van der Waals surface area contributed by atoms with Gasteiger partial charge in [0.05, 0.1) is 19.0 Å². The summed E-state index contributed by atoms with van der Waals surface area (Å²) in [5, 5.41) is 16.6. The van der Waals surface area contributed by atoms with Crippen molar-refractivity contribution in [2.45, 2.75) is 51.0 Å². The van der Waals surface area contributed by atoms with Gasteiger partial charge in [-0.05, 0) is 28.7 Å². The lowest BCUT2D eigenvalue weighted by molar-refractivity contribution is -0.138. The molecule has 1 aliphatic carbocycles. The van der Waals surface area contributed by atoms with Crippen LogP contribution in [-0.2, 0) is 14.4 Å². The number of carboxylic acids is 1. The third kappa shape index (κ3) is 6.04. The zero-order valence-corrected chi connectivity index (χ0v) is 16.5. The minimum absolute atomic E-state index is 0.132. The van der Waals surface area contributed by atoms with Gasteiger partial charge in [-0.3, -0.25) is 14.4 Å². The fourth-order valence-corrected chi connectivity index (χ4v) is 4.11. The van der Waals surface area contributed by atoms with E-state index in [9.17, 15) is 19.5 Å². The molecule has 6 nitrogen and oxygen atoms in total. The first-order valence-electron chi connectivity index (χ1n) is 10.3. The molecule has 0 aliphatic heterocycles. The van der Waals surface area contributed by atoms with E-state index in [-0.39, 0.29) is 18.9 Å². The zero-order chi connectivity index (χ0) is 20.6. The Hall–Kier alpha value is -2.89. The van der Waals surface area contributed by atoms with Crippen LogP contribution in [0, 0.1) is 5.92 Å². The normalized spacial score (nSPS) is 15.2. The van der Waals surface area contributed by atoms with E-state index in [1.54, 1.807) is 0 Å². The number of carboxylic acid groups (broad SMARTS) is 1. The minimum atomic E-state index is -0.996. The molecule has 0 bridgehead atoms. The van der Waals surface area contributed by atoms with Crippen molar-refractivity contribution in [2.24, 2.45) is 5.92 Å². The molecule has 0 heterocycles. The van der Waals surface area contributed by atoms with Gasteiger partial charge in [0, 0.05) is 6.42 Å². The average Bonchev–Trinajstić information content (AvgIpc) is 3.23. The Morgan fingerprint density at radius 1 is 1.00 bits per heavy atom. The van der Waals surface area contributed by atoms with E-state index in [1.807, 2.05) is 42.5 Å². The first-order chi connectivity index (χ1) is 14.0. The Labute approximate surface area is 170 Å².